The summed E-state index contributed by atoms with van der Waals surface area (Å²) >= 11 is 1.85. The highest BCUT2D eigenvalue weighted by Crippen LogP contribution is 2.45. The van der Waals surface area contributed by atoms with Crippen LogP contribution in [0.4, 0.5) is 0 Å². The Morgan fingerprint density at radius 3 is 2.80 bits per heavy atom. The molecule has 2 aromatic carbocycles. The number of tetrazole rings is 1. The molecule has 0 saturated heterocycles. The summed E-state index contributed by atoms with van der Waals surface area (Å²) in [5.41, 5.74) is 3.85. The van der Waals surface area contributed by atoms with E-state index >= 15 is 0 Å². The van der Waals surface area contributed by atoms with Gasteiger partial charge in [-0.2, -0.15) is 0 Å². The molecule has 1 saturated carbocycles. The molecule has 0 amide bonds. The lowest BCUT2D eigenvalue weighted by Gasteiger charge is -2.11. The number of hydrogen-bond acceptors (Lipinski definition) is 5. The molecular weight excluding hydrogens is 392 g/mol. The van der Waals surface area contributed by atoms with E-state index < -0.39 is 0 Å². The number of aromatic nitrogens is 4. The molecular formula is C24H22N4OS. The van der Waals surface area contributed by atoms with Crippen molar-refractivity contribution in [1.82, 2.24) is 20.6 Å². The van der Waals surface area contributed by atoms with Crippen molar-refractivity contribution in [2.45, 2.75) is 44.6 Å². The summed E-state index contributed by atoms with van der Waals surface area (Å²) < 4.78 is 7.43. The van der Waals surface area contributed by atoms with Gasteiger partial charge in [-0.25, -0.2) is 5.10 Å². The number of ether oxygens (including phenoxy) is 1. The number of fused-ring (bicyclic) bond motifs is 1. The van der Waals surface area contributed by atoms with Crippen molar-refractivity contribution in [1.29, 1.82) is 0 Å². The second-order valence-corrected chi connectivity index (χ2v) is 8.56. The van der Waals surface area contributed by atoms with E-state index in [0.29, 0.717) is 13.0 Å². The van der Waals surface area contributed by atoms with Gasteiger partial charge in [-0.05, 0) is 87.8 Å². The van der Waals surface area contributed by atoms with E-state index in [-0.39, 0.29) is 5.92 Å². The molecule has 0 unspecified atom stereocenters. The van der Waals surface area contributed by atoms with Crippen molar-refractivity contribution in [2.24, 2.45) is 0 Å². The smallest absolute Gasteiger partial charge is 0.150 e. The number of thiophene rings is 1. The molecule has 2 aromatic heterocycles. The minimum absolute atomic E-state index is 0.0423. The first kappa shape index (κ1) is 18.8. The molecule has 0 radical (unpaired) electrons. The summed E-state index contributed by atoms with van der Waals surface area (Å²) in [6.45, 7) is 2.42. The highest BCUT2D eigenvalue weighted by Gasteiger charge is 2.26. The standard InChI is InChI=1S/C24H22N4OS/c1-2-3-19(13-24-25-27-28-26-24)17-7-9-20(10-8-17)29-14-16-4-11-23-21(12-16)22(15-30-23)18-5-6-18/h4,7-12,15,18-19H,5-6,13-14H2,1H3,(H,25,26,27,28)/t19-/m0/s1. The van der Waals surface area contributed by atoms with Crippen LogP contribution in [0.25, 0.3) is 10.1 Å². The number of H-pyrrole nitrogens is 1. The number of aromatic amines is 1. The number of nitrogens with one attached hydrogen (secondary N) is 1. The lowest BCUT2D eigenvalue weighted by atomic mass is 9.96. The van der Waals surface area contributed by atoms with Gasteiger partial charge in [0.2, 0.25) is 0 Å². The Balaban J connectivity index is 1.27. The summed E-state index contributed by atoms with van der Waals surface area (Å²) in [4.78, 5) is 0. The van der Waals surface area contributed by atoms with E-state index in [4.69, 9.17) is 4.74 Å². The fraction of sp³-hybridized carbons (Fsp3) is 0.292. The highest BCUT2D eigenvalue weighted by atomic mass is 32.1. The SMILES string of the molecule is CC#C[C@@H](Cc1nnn[nH]1)c1ccc(OCc2ccc3scc(C4CC4)c3c2)cc1. The largest absolute Gasteiger partial charge is 0.489 e. The summed E-state index contributed by atoms with van der Waals surface area (Å²) in [5, 5.41) is 17.8. The van der Waals surface area contributed by atoms with Gasteiger partial charge >= 0.3 is 0 Å². The summed E-state index contributed by atoms with van der Waals surface area (Å²) in [5.74, 6) is 8.66. The zero-order valence-corrected chi connectivity index (χ0v) is 17.6. The molecule has 2 heterocycles. The Labute approximate surface area is 179 Å². The van der Waals surface area contributed by atoms with Crippen molar-refractivity contribution in [2.75, 3.05) is 0 Å². The minimum atomic E-state index is 0.0423. The van der Waals surface area contributed by atoms with Gasteiger partial charge in [-0.1, -0.05) is 24.1 Å². The Morgan fingerprint density at radius 2 is 2.07 bits per heavy atom. The predicted octanol–water partition coefficient (Wildman–Crippen LogP) is 5.22. The van der Waals surface area contributed by atoms with Crippen molar-refractivity contribution in [3.63, 3.8) is 0 Å². The average molecular weight is 415 g/mol. The summed E-state index contributed by atoms with van der Waals surface area (Å²) in [6, 6.07) is 14.9. The number of benzene rings is 2. The van der Waals surface area contributed by atoms with E-state index in [1.54, 1.807) is 0 Å². The van der Waals surface area contributed by atoms with Gasteiger partial charge in [0.05, 0.1) is 5.92 Å². The third-order valence-corrected chi connectivity index (χ3v) is 6.46. The Hall–Kier alpha value is -3.17. The van der Waals surface area contributed by atoms with E-state index in [1.807, 2.05) is 30.4 Å². The first-order valence-electron chi connectivity index (χ1n) is 10.2. The maximum absolute atomic E-state index is 6.06. The average Bonchev–Trinajstić information content (AvgIpc) is 3.32. The molecule has 0 bridgehead atoms. The molecule has 0 spiro atoms. The number of nitrogens with zero attached hydrogens (tertiary/aromatic N) is 3. The van der Waals surface area contributed by atoms with Crippen LogP contribution in [0.15, 0.2) is 47.8 Å². The molecule has 6 heteroatoms. The van der Waals surface area contributed by atoms with Gasteiger partial charge in [0.1, 0.15) is 18.2 Å². The Bertz CT molecular complexity index is 1200. The molecule has 0 aliphatic heterocycles. The van der Waals surface area contributed by atoms with Gasteiger partial charge in [-0.15, -0.1) is 22.4 Å². The van der Waals surface area contributed by atoms with Crippen molar-refractivity contribution in [3.05, 3.63) is 70.4 Å². The van der Waals surface area contributed by atoms with E-state index in [2.05, 4.69) is 68.2 Å². The van der Waals surface area contributed by atoms with E-state index in [0.717, 1.165) is 23.1 Å². The van der Waals surface area contributed by atoms with Gasteiger partial charge in [-0.3, -0.25) is 0 Å². The van der Waals surface area contributed by atoms with Crippen LogP contribution in [0.5, 0.6) is 5.75 Å². The van der Waals surface area contributed by atoms with Crippen LogP contribution in [0.1, 0.15) is 54.1 Å². The second-order valence-electron chi connectivity index (χ2n) is 7.65. The van der Waals surface area contributed by atoms with Gasteiger partial charge in [0.25, 0.3) is 0 Å². The predicted molar refractivity (Wildman–Crippen MR) is 119 cm³/mol. The molecule has 1 atom stereocenters. The summed E-state index contributed by atoms with van der Waals surface area (Å²) in [6.07, 6.45) is 3.31. The Morgan fingerprint density at radius 1 is 1.20 bits per heavy atom. The first-order chi connectivity index (χ1) is 14.8. The van der Waals surface area contributed by atoms with Crippen LogP contribution in [-0.4, -0.2) is 20.6 Å². The van der Waals surface area contributed by atoms with Gasteiger partial charge in [0, 0.05) is 11.1 Å². The van der Waals surface area contributed by atoms with Crippen LogP contribution in [0, 0.1) is 11.8 Å². The molecule has 1 aliphatic rings. The van der Waals surface area contributed by atoms with Crippen LogP contribution >= 0.6 is 11.3 Å². The molecule has 5 rings (SSSR count). The zero-order valence-electron chi connectivity index (χ0n) is 16.8. The fourth-order valence-corrected chi connectivity index (χ4v) is 4.77. The Kier molecular flexibility index (Phi) is 5.20. The maximum atomic E-state index is 6.06. The quantitative estimate of drug-likeness (QED) is 0.421. The molecule has 30 heavy (non-hydrogen) atoms. The first-order valence-corrected chi connectivity index (χ1v) is 11.1. The van der Waals surface area contributed by atoms with E-state index in [9.17, 15) is 0 Å². The van der Waals surface area contributed by atoms with Crippen LogP contribution in [0.2, 0.25) is 0 Å². The third-order valence-electron chi connectivity index (χ3n) is 5.48. The number of hydrogen-bond donors (Lipinski definition) is 1. The molecule has 150 valence electrons. The highest BCUT2D eigenvalue weighted by molar-refractivity contribution is 7.17. The van der Waals surface area contributed by atoms with Crippen LogP contribution < -0.4 is 4.74 Å². The molecule has 1 fully saturated rings. The van der Waals surface area contributed by atoms with Gasteiger partial charge < -0.3 is 4.74 Å². The topological polar surface area (TPSA) is 63.7 Å². The molecule has 4 aromatic rings. The monoisotopic (exact) mass is 414 g/mol. The van der Waals surface area contributed by atoms with Crippen molar-refractivity contribution < 1.29 is 4.74 Å². The zero-order chi connectivity index (χ0) is 20.3. The molecule has 1 aliphatic carbocycles. The maximum Gasteiger partial charge on any atom is 0.150 e. The van der Waals surface area contributed by atoms with Crippen molar-refractivity contribution >= 4 is 21.4 Å². The van der Waals surface area contributed by atoms with Crippen LogP contribution in [0.3, 0.4) is 0 Å². The fourth-order valence-electron chi connectivity index (χ4n) is 3.74. The van der Waals surface area contributed by atoms with Gasteiger partial charge in [0.15, 0.2) is 0 Å². The lowest BCUT2D eigenvalue weighted by Crippen LogP contribution is -2.03. The molecule has 5 nitrogen and oxygen atoms in total. The normalized spacial score (nSPS) is 14.3. The second kappa shape index (κ2) is 8.29. The molecule has 1 N–H and O–H groups in total. The van der Waals surface area contributed by atoms with Crippen molar-refractivity contribution in [3.8, 4) is 17.6 Å². The summed E-state index contributed by atoms with van der Waals surface area (Å²) in [7, 11) is 0. The van der Waals surface area contributed by atoms with Crippen LogP contribution in [-0.2, 0) is 13.0 Å². The number of rotatable bonds is 7. The van der Waals surface area contributed by atoms with E-state index in [1.165, 1.54) is 34.1 Å². The third kappa shape index (κ3) is 4.07. The minimum Gasteiger partial charge on any atom is -0.489 e. The lowest BCUT2D eigenvalue weighted by molar-refractivity contribution is 0.306.